The van der Waals surface area contributed by atoms with Gasteiger partial charge >= 0.3 is 0 Å². The van der Waals surface area contributed by atoms with Crippen LogP contribution in [0.2, 0.25) is 0 Å². The molecule has 0 unspecified atom stereocenters. The first-order chi connectivity index (χ1) is 12.7. The molecule has 0 aliphatic carbocycles. The van der Waals surface area contributed by atoms with Crippen LogP contribution < -0.4 is 10.6 Å². The lowest BCUT2D eigenvalue weighted by atomic mass is 10.1. The van der Waals surface area contributed by atoms with Gasteiger partial charge in [0.15, 0.2) is 0 Å². The zero-order chi connectivity index (χ0) is 18.2. The van der Waals surface area contributed by atoms with Crippen LogP contribution in [0, 0.1) is 6.92 Å². The number of carbonyl (C=O) groups is 1. The number of aromatic nitrogens is 1. The van der Waals surface area contributed by atoms with E-state index in [-0.39, 0.29) is 5.91 Å². The van der Waals surface area contributed by atoms with Crippen LogP contribution in [0.3, 0.4) is 0 Å². The summed E-state index contributed by atoms with van der Waals surface area (Å²) in [5.41, 5.74) is 4.99. The zero-order valence-electron chi connectivity index (χ0n) is 14.9. The molecule has 0 radical (unpaired) electrons. The highest BCUT2D eigenvalue weighted by Gasteiger charge is 2.07. The van der Waals surface area contributed by atoms with Crippen LogP contribution in [0.4, 0.5) is 5.69 Å². The van der Waals surface area contributed by atoms with E-state index in [1.54, 1.807) is 12.3 Å². The Morgan fingerprint density at radius 1 is 1.00 bits per heavy atom. The van der Waals surface area contributed by atoms with Crippen LogP contribution in [0.1, 0.15) is 27.2 Å². The van der Waals surface area contributed by atoms with Crippen molar-refractivity contribution >= 4 is 11.6 Å². The minimum absolute atomic E-state index is 0.152. The van der Waals surface area contributed by atoms with Gasteiger partial charge in [-0.2, -0.15) is 0 Å². The number of pyridine rings is 1. The lowest BCUT2D eigenvalue weighted by Gasteiger charge is -2.10. The molecular weight excluding hydrogens is 322 g/mol. The molecule has 132 valence electrons. The second kappa shape index (κ2) is 8.81. The molecule has 0 atom stereocenters. The van der Waals surface area contributed by atoms with Gasteiger partial charge in [0.1, 0.15) is 5.69 Å². The first-order valence-electron chi connectivity index (χ1n) is 8.79. The molecule has 0 saturated heterocycles. The summed E-state index contributed by atoms with van der Waals surface area (Å²) in [5, 5.41) is 6.29. The van der Waals surface area contributed by atoms with E-state index in [0.717, 1.165) is 12.1 Å². The van der Waals surface area contributed by atoms with Gasteiger partial charge in [-0.1, -0.05) is 54.6 Å². The van der Waals surface area contributed by atoms with Gasteiger partial charge in [-0.3, -0.25) is 9.78 Å². The topological polar surface area (TPSA) is 54.0 Å². The molecule has 2 N–H and O–H groups in total. The third-order valence-electron chi connectivity index (χ3n) is 4.28. The zero-order valence-corrected chi connectivity index (χ0v) is 14.9. The largest absolute Gasteiger partial charge is 0.381 e. The number of anilines is 1. The maximum Gasteiger partial charge on any atom is 0.269 e. The highest BCUT2D eigenvalue weighted by Crippen LogP contribution is 2.12. The molecule has 0 spiro atoms. The van der Waals surface area contributed by atoms with Crippen LogP contribution in [0.15, 0.2) is 72.9 Å². The Labute approximate surface area is 154 Å². The summed E-state index contributed by atoms with van der Waals surface area (Å²) in [6.45, 7) is 3.40. The van der Waals surface area contributed by atoms with Crippen LogP contribution in [0.5, 0.6) is 0 Å². The summed E-state index contributed by atoms with van der Waals surface area (Å²) in [6.07, 6.45) is 2.46. The molecule has 0 bridgehead atoms. The summed E-state index contributed by atoms with van der Waals surface area (Å²) in [4.78, 5) is 16.5. The van der Waals surface area contributed by atoms with Crippen LogP contribution >= 0.6 is 0 Å². The predicted molar refractivity (Wildman–Crippen MR) is 105 cm³/mol. The quantitative estimate of drug-likeness (QED) is 0.681. The van der Waals surface area contributed by atoms with Gasteiger partial charge in [-0.05, 0) is 42.2 Å². The first kappa shape index (κ1) is 17.7. The van der Waals surface area contributed by atoms with Gasteiger partial charge in [-0.25, -0.2) is 0 Å². The summed E-state index contributed by atoms with van der Waals surface area (Å²) >= 11 is 0. The van der Waals surface area contributed by atoms with Gasteiger partial charge in [0, 0.05) is 25.0 Å². The Balaban J connectivity index is 1.54. The third kappa shape index (κ3) is 4.93. The molecular formula is C22H23N3O. The van der Waals surface area contributed by atoms with E-state index in [0.29, 0.717) is 18.8 Å². The number of nitrogens with one attached hydrogen (secondary N) is 2. The van der Waals surface area contributed by atoms with Gasteiger partial charge < -0.3 is 10.6 Å². The number of aryl methyl sites for hydroxylation is 1. The minimum atomic E-state index is -0.152. The lowest BCUT2D eigenvalue weighted by Crippen LogP contribution is -2.26. The average molecular weight is 345 g/mol. The number of benzene rings is 2. The van der Waals surface area contributed by atoms with E-state index < -0.39 is 0 Å². The standard InChI is InChI=1S/C22H23N3O/c1-17-7-5-6-10-19(17)16-25-20-12-14-23-21(15-20)22(26)24-13-11-18-8-3-2-4-9-18/h2-10,12,14-15H,11,13,16H2,1H3,(H,23,25)(H,24,26). The molecule has 4 heteroatoms. The molecule has 0 aliphatic heterocycles. The summed E-state index contributed by atoms with van der Waals surface area (Å²) in [5.74, 6) is -0.152. The summed E-state index contributed by atoms with van der Waals surface area (Å²) < 4.78 is 0. The molecule has 1 amide bonds. The summed E-state index contributed by atoms with van der Waals surface area (Å²) in [6, 6.07) is 22.0. The van der Waals surface area contributed by atoms with Crippen molar-refractivity contribution in [2.24, 2.45) is 0 Å². The average Bonchev–Trinajstić information content (AvgIpc) is 2.68. The van der Waals surface area contributed by atoms with Crippen molar-refractivity contribution < 1.29 is 4.79 Å². The van der Waals surface area contributed by atoms with Crippen molar-refractivity contribution in [2.45, 2.75) is 19.9 Å². The molecule has 26 heavy (non-hydrogen) atoms. The Morgan fingerprint density at radius 2 is 1.77 bits per heavy atom. The number of amides is 1. The third-order valence-corrected chi connectivity index (χ3v) is 4.28. The van der Waals surface area contributed by atoms with E-state index in [4.69, 9.17) is 0 Å². The Hall–Kier alpha value is -3.14. The highest BCUT2D eigenvalue weighted by molar-refractivity contribution is 5.93. The fraction of sp³-hybridized carbons (Fsp3) is 0.182. The Morgan fingerprint density at radius 3 is 2.58 bits per heavy atom. The fourth-order valence-electron chi connectivity index (χ4n) is 2.73. The minimum Gasteiger partial charge on any atom is -0.381 e. The first-order valence-corrected chi connectivity index (χ1v) is 8.79. The Bertz CT molecular complexity index is 862. The van der Waals surface area contributed by atoms with Crippen LogP contribution in [0.25, 0.3) is 0 Å². The van der Waals surface area contributed by atoms with E-state index in [2.05, 4.69) is 46.8 Å². The Kier molecular flexibility index (Phi) is 5.99. The van der Waals surface area contributed by atoms with E-state index in [1.807, 2.05) is 36.4 Å². The number of carbonyl (C=O) groups excluding carboxylic acids is 1. The van der Waals surface area contributed by atoms with Crippen molar-refractivity contribution in [3.63, 3.8) is 0 Å². The molecule has 3 aromatic rings. The summed E-state index contributed by atoms with van der Waals surface area (Å²) in [7, 11) is 0. The lowest BCUT2D eigenvalue weighted by molar-refractivity contribution is 0.0949. The van der Waals surface area contributed by atoms with Gasteiger partial charge in [0.2, 0.25) is 0 Å². The van der Waals surface area contributed by atoms with Crippen molar-refractivity contribution in [2.75, 3.05) is 11.9 Å². The van der Waals surface area contributed by atoms with Crippen molar-refractivity contribution in [1.29, 1.82) is 0 Å². The molecule has 0 aliphatic rings. The highest BCUT2D eigenvalue weighted by atomic mass is 16.1. The number of rotatable bonds is 7. The van der Waals surface area contributed by atoms with Gasteiger partial charge in [-0.15, -0.1) is 0 Å². The van der Waals surface area contributed by atoms with Crippen LogP contribution in [-0.2, 0) is 13.0 Å². The number of nitrogens with zero attached hydrogens (tertiary/aromatic N) is 1. The maximum atomic E-state index is 12.3. The van der Waals surface area contributed by atoms with E-state index in [9.17, 15) is 4.79 Å². The van der Waals surface area contributed by atoms with Gasteiger partial charge in [0.05, 0.1) is 0 Å². The molecule has 1 aromatic heterocycles. The SMILES string of the molecule is Cc1ccccc1CNc1ccnc(C(=O)NCCc2ccccc2)c1. The van der Waals surface area contributed by atoms with E-state index in [1.165, 1.54) is 16.7 Å². The monoisotopic (exact) mass is 345 g/mol. The van der Waals surface area contributed by atoms with Crippen molar-refractivity contribution in [1.82, 2.24) is 10.3 Å². The van der Waals surface area contributed by atoms with Gasteiger partial charge in [0.25, 0.3) is 5.91 Å². The van der Waals surface area contributed by atoms with E-state index >= 15 is 0 Å². The predicted octanol–water partition coefficient (Wildman–Crippen LogP) is 3.97. The maximum absolute atomic E-state index is 12.3. The molecule has 0 saturated carbocycles. The smallest absolute Gasteiger partial charge is 0.269 e. The van der Waals surface area contributed by atoms with Crippen LogP contribution in [-0.4, -0.2) is 17.4 Å². The number of hydrogen-bond donors (Lipinski definition) is 2. The van der Waals surface area contributed by atoms with Crippen molar-refractivity contribution in [3.8, 4) is 0 Å². The fourth-order valence-corrected chi connectivity index (χ4v) is 2.73. The van der Waals surface area contributed by atoms with Crippen molar-refractivity contribution in [3.05, 3.63) is 95.3 Å². The molecule has 3 rings (SSSR count). The molecule has 1 heterocycles. The second-order valence-corrected chi connectivity index (χ2v) is 6.20. The number of hydrogen-bond acceptors (Lipinski definition) is 3. The second-order valence-electron chi connectivity index (χ2n) is 6.20. The molecule has 0 fully saturated rings. The molecule has 2 aromatic carbocycles. The normalized spacial score (nSPS) is 10.3. The molecule has 4 nitrogen and oxygen atoms in total.